The summed E-state index contributed by atoms with van der Waals surface area (Å²) in [4.78, 5) is 11.3. The van der Waals surface area contributed by atoms with Crippen molar-refractivity contribution < 1.29 is 23.4 Å². The van der Waals surface area contributed by atoms with Crippen LogP contribution in [0.3, 0.4) is 0 Å². The van der Waals surface area contributed by atoms with E-state index < -0.39 is 28.3 Å². The Morgan fingerprint density at radius 2 is 1.67 bits per heavy atom. The Morgan fingerprint density at radius 3 is 2.20 bits per heavy atom. The monoisotopic (exact) mass is 435 g/mol. The Bertz CT molecular complexity index is 917. The van der Waals surface area contributed by atoms with E-state index >= 15 is 0 Å². The summed E-state index contributed by atoms with van der Waals surface area (Å²) >= 11 is 0. The van der Waals surface area contributed by atoms with Gasteiger partial charge in [0.25, 0.3) is 0 Å². The van der Waals surface area contributed by atoms with Crippen molar-refractivity contribution in [1.29, 1.82) is 0 Å². The molecule has 0 aromatic heterocycles. The highest BCUT2D eigenvalue weighted by atomic mass is 32.2. The second-order valence-electron chi connectivity index (χ2n) is 7.60. The third-order valence-electron chi connectivity index (χ3n) is 4.55. The van der Waals surface area contributed by atoms with E-state index in [0.29, 0.717) is 5.69 Å². The summed E-state index contributed by atoms with van der Waals surface area (Å²) in [7, 11) is -3.90. The summed E-state index contributed by atoms with van der Waals surface area (Å²) in [5.74, 6) is 0.000706. The number of amides is 1. The van der Waals surface area contributed by atoms with Gasteiger partial charge in [0.2, 0.25) is 10.0 Å². The lowest BCUT2D eigenvalue weighted by Crippen LogP contribution is -2.50. The van der Waals surface area contributed by atoms with Gasteiger partial charge in [0.1, 0.15) is 0 Å². The lowest BCUT2D eigenvalue weighted by atomic mass is 10.0. The van der Waals surface area contributed by atoms with Crippen LogP contribution < -0.4 is 11.1 Å². The van der Waals surface area contributed by atoms with Crippen LogP contribution in [0.2, 0.25) is 0 Å². The normalized spacial score (nSPS) is 13.9. The smallest absolute Gasteiger partial charge is 0.404 e. The van der Waals surface area contributed by atoms with E-state index in [0.717, 1.165) is 5.56 Å². The Labute approximate surface area is 177 Å². The SMILES string of the molecule is CC(C)CN(C[C@@H](O)C(Cc1ccccc1)NC(=O)O)S(=O)(=O)c1ccc(N)cc1. The number of nitrogens with zero attached hydrogens (tertiary/aromatic N) is 1. The molecule has 2 atom stereocenters. The van der Waals surface area contributed by atoms with E-state index in [1.807, 2.05) is 44.2 Å². The van der Waals surface area contributed by atoms with Crippen LogP contribution in [0.1, 0.15) is 19.4 Å². The zero-order valence-corrected chi connectivity index (χ0v) is 17.9. The number of nitrogen functional groups attached to an aromatic ring is 1. The first-order chi connectivity index (χ1) is 14.1. The van der Waals surface area contributed by atoms with E-state index in [1.54, 1.807) is 0 Å². The van der Waals surface area contributed by atoms with Gasteiger partial charge in [-0.2, -0.15) is 4.31 Å². The van der Waals surface area contributed by atoms with Gasteiger partial charge in [0.15, 0.2) is 0 Å². The summed E-state index contributed by atoms with van der Waals surface area (Å²) in [5, 5.41) is 22.3. The second kappa shape index (κ2) is 10.4. The van der Waals surface area contributed by atoms with Gasteiger partial charge in [0.05, 0.1) is 17.0 Å². The molecule has 0 radical (unpaired) electrons. The maximum absolute atomic E-state index is 13.2. The predicted molar refractivity (Wildman–Crippen MR) is 116 cm³/mol. The lowest BCUT2D eigenvalue weighted by Gasteiger charge is -2.30. The number of carbonyl (C=O) groups is 1. The van der Waals surface area contributed by atoms with Gasteiger partial charge in [-0.3, -0.25) is 0 Å². The lowest BCUT2D eigenvalue weighted by molar-refractivity contribution is 0.0980. The summed E-state index contributed by atoms with van der Waals surface area (Å²) in [6.45, 7) is 3.67. The topological polar surface area (TPSA) is 133 Å². The molecular formula is C21H29N3O5S. The molecule has 0 aliphatic rings. The van der Waals surface area contributed by atoms with Crippen molar-refractivity contribution in [3.05, 3.63) is 60.2 Å². The van der Waals surface area contributed by atoms with Gasteiger partial charge < -0.3 is 21.3 Å². The average Bonchev–Trinajstić information content (AvgIpc) is 2.67. The van der Waals surface area contributed by atoms with E-state index in [-0.39, 0.29) is 30.3 Å². The number of benzene rings is 2. The van der Waals surface area contributed by atoms with E-state index in [4.69, 9.17) is 5.73 Å². The second-order valence-corrected chi connectivity index (χ2v) is 9.54. The molecule has 2 rings (SSSR count). The van der Waals surface area contributed by atoms with Crippen molar-refractivity contribution in [1.82, 2.24) is 9.62 Å². The molecule has 5 N–H and O–H groups in total. The quantitative estimate of drug-likeness (QED) is 0.423. The van der Waals surface area contributed by atoms with Crippen LogP contribution in [-0.2, 0) is 16.4 Å². The van der Waals surface area contributed by atoms with Crippen molar-refractivity contribution in [2.45, 2.75) is 37.3 Å². The molecule has 0 heterocycles. The third-order valence-corrected chi connectivity index (χ3v) is 6.39. The first-order valence-electron chi connectivity index (χ1n) is 9.66. The molecule has 0 bridgehead atoms. The van der Waals surface area contributed by atoms with E-state index in [9.17, 15) is 23.4 Å². The van der Waals surface area contributed by atoms with Crippen molar-refractivity contribution in [2.75, 3.05) is 18.8 Å². The van der Waals surface area contributed by atoms with Gasteiger partial charge in [-0.05, 0) is 42.2 Å². The van der Waals surface area contributed by atoms with Gasteiger partial charge in [-0.15, -0.1) is 0 Å². The molecule has 2 aromatic carbocycles. The number of carboxylic acid groups (broad SMARTS) is 1. The predicted octanol–water partition coefficient (Wildman–Crippen LogP) is 2.16. The number of aliphatic hydroxyl groups is 1. The fourth-order valence-electron chi connectivity index (χ4n) is 3.11. The van der Waals surface area contributed by atoms with Gasteiger partial charge in [-0.25, -0.2) is 13.2 Å². The van der Waals surface area contributed by atoms with Gasteiger partial charge in [0, 0.05) is 18.8 Å². The summed E-state index contributed by atoms with van der Waals surface area (Å²) in [6.07, 6.45) is -2.30. The average molecular weight is 436 g/mol. The van der Waals surface area contributed by atoms with Crippen molar-refractivity contribution in [3.63, 3.8) is 0 Å². The summed E-state index contributed by atoms with van der Waals surface area (Å²) < 4.78 is 27.5. The molecule has 1 amide bonds. The number of sulfonamides is 1. The number of rotatable bonds is 10. The minimum absolute atomic E-state index is 0.000706. The molecule has 30 heavy (non-hydrogen) atoms. The van der Waals surface area contributed by atoms with Crippen LogP contribution in [0.5, 0.6) is 0 Å². The summed E-state index contributed by atoms with van der Waals surface area (Å²) in [5.41, 5.74) is 6.92. The van der Waals surface area contributed by atoms with Crippen LogP contribution in [0, 0.1) is 5.92 Å². The van der Waals surface area contributed by atoms with Gasteiger partial charge >= 0.3 is 6.09 Å². The maximum Gasteiger partial charge on any atom is 0.404 e. The summed E-state index contributed by atoms with van der Waals surface area (Å²) in [6, 6.07) is 14.1. The van der Waals surface area contributed by atoms with Crippen molar-refractivity contribution in [2.24, 2.45) is 5.92 Å². The minimum atomic E-state index is -3.90. The largest absolute Gasteiger partial charge is 0.465 e. The number of hydrogen-bond acceptors (Lipinski definition) is 5. The number of hydrogen-bond donors (Lipinski definition) is 4. The molecule has 0 aliphatic carbocycles. The van der Waals surface area contributed by atoms with Crippen LogP contribution in [0.4, 0.5) is 10.5 Å². The van der Waals surface area contributed by atoms with Crippen LogP contribution in [-0.4, -0.2) is 54.3 Å². The molecule has 0 saturated heterocycles. The number of nitrogens with two attached hydrogens (primary N) is 1. The highest BCUT2D eigenvalue weighted by Gasteiger charge is 2.31. The van der Waals surface area contributed by atoms with Crippen molar-refractivity contribution in [3.8, 4) is 0 Å². The molecule has 8 nitrogen and oxygen atoms in total. The number of nitrogens with one attached hydrogen (secondary N) is 1. The Balaban J connectivity index is 2.27. The fourth-order valence-corrected chi connectivity index (χ4v) is 4.73. The third kappa shape index (κ3) is 6.72. The molecule has 0 fully saturated rings. The van der Waals surface area contributed by atoms with Crippen molar-refractivity contribution >= 4 is 21.8 Å². The molecule has 2 aromatic rings. The molecule has 0 spiro atoms. The molecule has 1 unspecified atom stereocenters. The number of anilines is 1. The highest BCUT2D eigenvalue weighted by molar-refractivity contribution is 7.89. The minimum Gasteiger partial charge on any atom is -0.465 e. The molecular weight excluding hydrogens is 406 g/mol. The van der Waals surface area contributed by atoms with E-state index in [1.165, 1.54) is 28.6 Å². The maximum atomic E-state index is 13.2. The fraction of sp³-hybridized carbons (Fsp3) is 0.381. The molecule has 9 heteroatoms. The zero-order chi connectivity index (χ0) is 22.3. The Kier molecular flexibility index (Phi) is 8.22. The Hall–Kier alpha value is -2.62. The standard InChI is InChI=1S/C21H29N3O5S/c1-15(2)13-24(30(28,29)18-10-8-17(22)9-11-18)14-20(25)19(23-21(26)27)12-16-6-4-3-5-7-16/h3-11,15,19-20,23,25H,12-14,22H2,1-2H3,(H,26,27)/t19?,20-/m1/s1. The van der Waals surface area contributed by atoms with Crippen LogP contribution in [0.25, 0.3) is 0 Å². The van der Waals surface area contributed by atoms with E-state index in [2.05, 4.69) is 5.32 Å². The first-order valence-corrected chi connectivity index (χ1v) is 11.1. The molecule has 164 valence electrons. The molecule has 0 aliphatic heterocycles. The zero-order valence-electron chi connectivity index (χ0n) is 17.1. The number of aliphatic hydroxyl groups excluding tert-OH is 1. The Morgan fingerprint density at radius 1 is 1.07 bits per heavy atom. The molecule has 0 saturated carbocycles. The van der Waals surface area contributed by atoms with Crippen LogP contribution in [0.15, 0.2) is 59.5 Å². The first kappa shape index (κ1) is 23.7. The highest BCUT2D eigenvalue weighted by Crippen LogP contribution is 2.20. The van der Waals surface area contributed by atoms with Gasteiger partial charge in [-0.1, -0.05) is 44.2 Å². The van der Waals surface area contributed by atoms with Crippen LogP contribution >= 0.6 is 0 Å².